The van der Waals surface area contributed by atoms with Crippen LogP contribution in [0.1, 0.15) is 30.5 Å². The van der Waals surface area contributed by atoms with Gasteiger partial charge in [-0.3, -0.25) is 9.59 Å². The summed E-state index contributed by atoms with van der Waals surface area (Å²) < 4.78 is 10.7. The zero-order valence-electron chi connectivity index (χ0n) is 19.6. The molecule has 0 aliphatic carbocycles. The van der Waals surface area contributed by atoms with Crippen LogP contribution in [0, 0.1) is 12.8 Å². The summed E-state index contributed by atoms with van der Waals surface area (Å²) in [5.41, 5.74) is 2.78. The molecule has 0 aromatic heterocycles. The molecule has 2 aliphatic rings. The molecule has 3 amide bonds. The first-order valence-corrected chi connectivity index (χ1v) is 11.4. The molecule has 0 unspecified atom stereocenters. The summed E-state index contributed by atoms with van der Waals surface area (Å²) >= 11 is 0. The predicted octanol–water partition coefficient (Wildman–Crippen LogP) is 2.76. The first-order chi connectivity index (χ1) is 16.9. The number of benzene rings is 2. The number of hydrogen-bond donors (Lipinski definition) is 2. The lowest BCUT2D eigenvalue weighted by atomic mass is 9.95. The number of amides is 3. The van der Waals surface area contributed by atoms with Crippen molar-refractivity contribution in [2.45, 2.75) is 26.3 Å². The molecule has 0 saturated carbocycles. The van der Waals surface area contributed by atoms with E-state index in [1.807, 2.05) is 37.3 Å². The second kappa shape index (κ2) is 10.4. The normalized spacial score (nSPS) is 19.8. The molecule has 2 atom stereocenters. The van der Waals surface area contributed by atoms with Crippen LogP contribution in [0.3, 0.4) is 0 Å². The number of carbonyl (C=O) groups is 4. The maximum Gasteiger partial charge on any atom is 0.338 e. The van der Waals surface area contributed by atoms with Gasteiger partial charge in [0.2, 0.25) is 5.91 Å². The van der Waals surface area contributed by atoms with Gasteiger partial charge >= 0.3 is 18.0 Å². The van der Waals surface area contributed by atoms with E-state index in [4.69, 9.17) is 9.47 Å². The van der Waals surface area contributed by atoms with E-state index in [2.05, 4.69) is 10.6 Å². The van der Waals surface area contributed by atoms with Crippen LogP contribution in [0.15, 0.2) is 65.9 Å². The first kappa shape index (κ1) is 24.0. The number of anilines is 1. The lowest BCUT2D eigenvalue weighted by Gasteiger charge is -2.29. The third-order valence-corrected chi connectivity index (χ3v) is 5.94. The molecule has 2 aromatic carbocycles. The van der Waals surface area contributed by atoms with Gasteiger partial charge in [-0.25, -0.2) is 9.59 Å². The van der Waals surface area contributed by atoms with Crippen LogP contribution in [0.5, 0.6) is 0 Å². The molecule has 2 aliphatic heterocycles. The number of aryl methyl sites for hydroxylation is 1. The minimum Gasteiger partial charge on any atom is -0.463 e. The Kier molecular flexibility index (Phi) is 7.14. The highest BCUT2D eigenvalue weighted by Gasteiger charge is 2.38. The molecule has 182 valence electrons. The van der Waals surface area contributed by atoms with Crippen molar-refractivity contribution >= 4 is 29.6 Å². The van der Waals surface area contributed by atoms with Gasteiger partial charge in [-0.15, -0.1) is 0 Å². The molecule has 2 N–H and O–H groups in total. The van der Waals surface area contributed by atoms with E-state index >= 15 is 0 Å². The third kappa shape index (κ3) is 5.34. The summed E-state index contributed by atoms with van der Waals surface area (Å²) in [7, 11) is 0. The molecule has 1 saturated heterocycles. The molecule has 9 heteroatoms. The van der Waals surface area contributed by atoms with Gasteiger partial charge in [-0.1, -0.05) is 48.0 Å². The molecule has 9 nitrogen and oxygen atoms in total. The van der Waals surface area contributed by atoms with Crippen molar-refractivity contribution in [2.24, 2.45) is 5.92 Å². The number of hydrogen-bond acceptors (Lipinski definition) is 6. The van der Waals surface area contributed by atoms with Crippen LogP contribution < -0.4 is 15.5 Å². The zero-order chi connectivity index (χ0) is 24.9. The maximum absolute atomic E-state index is 12.8. The quantitative estimate of drug-likeness (QED) is 0.593. The second-order valence-electron chi connectivity index (χ2n) is 8.40. The predicted molar refractivity (Wildman–Crippen MR) is 127 cm³/mol. The topological polar surface area (TPSA) is 114 Å². The molecule has 4 rings (SSSR count). The van der Waals surface area contributed by atoms with Crippen LogP contribution in [-0.2, 0) is 23.9 Å². The van der Waals surface area contributed by atoms with Crippen molar-refractivity contribution in [1.82, 2.24) is 10.6 Å². The van der Waals surface area contributed by atoms with Gasteiger partial charge in [-0.2, -0.15) is 0 Å². The Morgan fingerprint density at radius 2 is 1.74 bits per heavy atom. The number of ether oxygens (including phenoxy) is 2. The molecule has 0 radical (unpaired) electrons. The molecule has 2 heterocycles. The highest BCUT2D eigenvalue weighted by Crippen LogP contribution is 2.29. The van der Waals surface area contributed by atoms with E-state index in [-0.39, 0.29) is 43.4 Å². The molecule has 0 spiro atoms. The Balaban J connectivity index is 1.51. The summed E-state index contributed by atoms with van der Waals surface area (Å²) in [5.74, 6) is -2.02. The number of urea groups is 1. The molecule has 35 heavy (non-hydrogen) atoms. The van der Waals surface area contributed by atoms with Gasteiger partial charge in [0.15, 0.2) is 0 Å². The van der Waals surface area contributed by atoms with E-state index in [1.165, 1.54) is 0 Å². The van der Waals surface area contributed by atoms with Gasteiger partial charge < -0.3 is 25.0 Å². The van der Waals surface area contributed by atoms with Gasteiger partial charge in [-0.05, 0) is 31.5 Å². The summed E-state index contributed by atoms with van der Waals surface area (Å²) in [6.45, 7) is 3.65. The second-order valence-corrected chi connectivity index (χ2v) is 8.40. The minimum absolute atomic E-state index is 0.0248. The average Bonchev–Trinajstić information content (AvgIpc) is 3.25. The van der Waals surface area contributed by atoms with Gasteiger partial charge in [0.05, 0.1) is 29.8 Å². The Bertz CT molecular complexity index is 1160. The van der Waals surface area contributed by atoms with Gasteiger partial charge in [0.1, 0.15) is 6.61 Å². The molecule has 2 aromatic rings. The first-order valence-electron chi connectivity index (χ1n) is 11.4. The standard InChI is InChI=1S/C26H27N3O6/c1-3-34-25(32)22-20(27-26(33)28-23(22)17-7-5-4-6-8-17)15-35-24(31)18-13-21(30)29(14-18)19-11-9-16(2)10-12-19/h4-12,18,23H,3,13-15H2,1-2H3,(H2,27,28,33)/t18-,23-/m0/s1. The SMILES string of the molecule is CCOC(=O)C1=C(COC(=O)[C@H]2CC(=O)N(c3ccc(C)cc3)C2)NC(=O)N[C@H]1c1ccccc1. The average molecular weight is 478 g/mol. The summed E-state index contributed by atoms with van der Waals surface area (Å²) in [6.07, 6.45) is 0.0248. The molecule has 1 fully saturated rings. The maximum atomic E-state index is 12.8. The minimum atomic E-state index is -0.761. The number of nitrogens with one attached hydrogen (secondary N) is 2. The lowest BCUT2D eigenvalue weighted by molar-refractivity contribution is -0.147. The largest absolute Gasteiger partial charge is 0.463 e. The molecule has 0 bridgehead atoms. The summed E-state index contributed by atoms with van der Waals surface area (Å²) in [6, 6.07) is 15.2. The highest BCUT2D eigenvalue weighted by molar-refractivity contribution is 5.99. The van der Waals surface area contributed by atoms with Crippen LogP contribution in [0.25, 0.3) is 0 Å². The molecular formula is C26H27N3O6. The van der Waals surface area contributed by atoms with Gasteiger partial charge in [0, 0.05) is 18.7 Å². The van der Waals surface area contributed by atoms with E-state index in [0.29, 0.717) is 5.56 Å². The fourth-order valence-corrected chi connectivity index (χ4v) is 4.18. The van der Waals surface area contributed by atoms with E-state index in [9.17, 15) is 19.2 Å². The van der Waals surface area contributed by atoms with Crippen molar-refractivity contribution in [3.63, 3.8) is 0 Å². The van der Waals surface area contributed by atoms with Crippen molar-refractivity contribution in [1.29, 1.82) is 0 Å². The third-order valence-electron chi connectivity index (χ3n) is 5.94. The van der Waals surface area contributed by atoms with Crippen LogP contribution in [0.4, 0.5) is 10.5 Å². The van der Waals surface area contributed by atoms with E-state index in [0.717, 1.165) is 11.3 Å². The zero-order valence-corrected chi connectivity index (χ0v) is 19.6. The summed E-state index contributed by atoms with van der Waals surface area (Å²) in [5, 5.41) is 5.30. The van der Waals surface area contributed by atoms with Crippen molar-refractivity contribution in [2.75, 3.05) is 24.7 Å². The van der Waals surface area contributed by atoms with Crippen LogP contribution in [0.2, 0.25) is 0 Å². The summed E-state index contributed by atoms with van der Waals surface area (Å²) in [4.78, 5) is 52.1. The molecular weight excluding hydrogens is 450 g/mol. The van der Waals surface area contributed by atoms with Crippen molar-refractivity contribution in [3.8, 4) is 0 Å². The Morgan fingerprint density at radius 3 is 2.43 bits per heavy atom. The van der Waals surface area contributed by atoms with Crippen LogP contribution in [-0.4, -0.2) is 43.6 Å². The van der Waals surface area contributed by atoms with E-state index < -0.39 is 29.9 Å². The van der Waals surface area contributed by atoms with E-state index in [1.54, 1.807) is 36.1 Å². The van der Waals surface area contributed by atoms with Crippen molar-refractivity contribution < 1.29 is 28.7 Å². The number of carbonyl (C=O) groups excluding carboxylic acids is 4. The Labute approximate surface area is 203 Å². The van der Waals surface area contributed by atoms with Crippen molar-refractivity contribution in [3.05, 3.63) is 77.0 Å². The van der Waals surface area contributed by atoms with Gasteiger partial charge in [0.25, 0.3) is 0 Å². The number of esters is 2. The Morgan fingerprint density at radius 1 is 1.03 bits per heavy atom. The number of nitrogens with zero attached hydrogens (tertiary/aromatic N) is 1. The monoisotopic (exact) mass is 477 g/mol. The number of rotatable bonds is 7. The van der Waals surface area contributed by atoms with Crippen LogP contribution >= 0.6 is 0 Å². The fraction of sp³-hybridized carbons (Fsp3) is 0.308. The lowest BCUT2D eigenvalue weighted by Crippen LogP contribution is -2.47. The Hall–Kier alpha value is -4.14. The smallest absolute Gasteiger partial charge is 0.338 e. The highest BCUT2D eigenvalue weighted by atomic mass is 16.5. The fourth-order valence-electron chi connectivity index (χ4n) is 4.18.